The van der Waals surface area contributed by atoms with E-state index in [1.807, 2.05) is 7.05 Å². The Kier molecular flexibility index (Phi) is 3.05. The van der Waals surface area contributed by atoms with Crippen LogP contribution in [0.4, 0.5) is 5.69 Å². The van der Waals surface area contributed by atoms with E-state index in [0.717, 1.165) is 24.8 Å². The minimum Gasteiger partial charge on any atom is -0.347 e. The molecule has 0 saturated carbocycles. The van der Waals surface area contributed by atoms with E-state index in [0.29, 0.717) is 0 Å². The van der Waals surface area contributed by atoms with Gasteiger partial charge >= 0.3 is 0 Å². The molecule has 2 rings (SSSR count). The molecule has 1 aliphatic rings. The average Bonchev–Trinajstić information content (AvgIpc) is 2.61. The number of allylic oxidation sites excluding steroid dienone is 2. The van der Waals surface area contributed by atoms with Crippen molar-refractivity contribution in [3.8, 4) is 0 Å². The van der Waals surface area contributed by atoms with E-state index in [4.69, 9.17) is 0 Å². The second-order valence-electron chi connectivity index (χ2n) is 4.55. The number of benzene rings is 1. The number of anilines is 1. The highest BCUT2D eigenvalue weighted by molar-refractivity contribution is 5.77. The van der Waals surface area contributed by atoms with Crippen molar-refractivity contribution < 1.29 is 4.79 Å². The number of carbonyl (C=O) groups is 1. The first-order valence-electron chi connectivity index (χ1n) is 6.20. The predicted octanol–water partition coefficient (Wildman–Crippen LogP) is 3.28. The third-order valence-corrected chi connectivity index (χ3v) is 4.07. The molecule has 0 radical (unpaired) electrons. The fourth-order valence-corrected chi connectivity index (χ4v) is 3.09. The smallest absolute Gasteiger partial charge is 0.144 e. The Hall–Kier alpha value is -1.57. The van der Waals surface area contributed by atoms with Gasteiger partial charge < -0.3 is 4.90 Å². The Labute approximate surface area is 103 Å². The maximum atomic E-state index is 10.9. The lowest BCUT2D eigenvalue weighted by molar-refractivity contribution is -0.104. The molecule has 0 aromatic heterocycles. The van der Waals surface area contributed by atoms with E-state index in [-0.39, 0.29) is 5.41 Å². The SMILES string of the molecule is CCC1(CC)/C(=C/C=O)N(C)c2ccccc21. The zero-order valence-corrected chi connectivity index (χ0v) is 10.7. The molecule has 2 nitrogen and oxygen atoms in total. The highest BCUT2D eigenvalue weighted by Gasteiger charge is 2.42. The van der Waals surface area contributed by atoms with Gasteiger partial charge in [0.05, 0.1) is 0 Å². The standard InChI is InChI=1S/C15H19NO/c1-4-15(5-2)12-8-6-7-9-13(12)16(3)14(15)10-11-17/h6-11H,4-5H2,1-3H3/b14-10-. The van der Waals surface area contributed by atoms with Gasteiger partial charge in [0.15, 0.2) is 0 Å². The van der Waals surface area contributed by atoms with Crippen LogP contribution in [0.3, 0.4) is 0 Å². The van der Waals surface area contributed by atoms with Crippen molar-refractivity contribution in [3.63, 3.8) is 0 Å². The van der Waals surface area contributed by atoms with E-state index < -0.39 is 0 Å². The third-order valence-electron chi connectivity index (χ3n) is 4.07. The first kappa shape index (κ1) is 11.9. The second-order valence-corrected chi connectivity index (χ2v) is 4.55. The summed E-state index contributed by atoms with van der Waals surface area (Å²) in [6.45, 7) is 4.39. The Morgan fingerprint density at radius 3 is 2.47 bits per heavy atom. The van der Waals surface area contributed by atoms with Crippen LogP contribution >= 0.6 is 0 Å². The fourth-order valence-electron chi connectivity index (χ4n) is 3.09. The van der Waals surface area contributed by atoms with Gasteiger partial charge in [0, 0.05) is 23.8 Å². The number of para-hydroxylation sites is 1. The molecule has 0 unspecified atom stereocenters. The van der Waals surface area contributed by atoms with Crippen LogP contribution in [-0.2, 0) is 10.2 Å². The molecule has 0 fully saturated rings. The number of hydrogen-bond acceptors (Lipinski definition) is 2. The van der Waals surface area contributed by atoms with Crippen LogP contribution < -0.4 is 4.90 Å². The van der Waals surface area contributed by atoms with Crippen LogP contribution in [0.15, 0.2) is 36.0 Å². The van der Waals surface area contributed by atoms with Crippen molar-refractivity contribution in [1.82, 2.24) is 0 Å². The molecule has 0 spiro atoms. The highest BCUT2D eigenvalue weighted by atomic mass is 16.1. The van der Waals surface area contributed by atoms with Crippen molar-refractivity contribution in [2.75, 3.05) is 11.9 Å². The monoisotopic (exact) mass is 229 g/mol. The summed E-state index contributed by atoms with van der Waals surface area (Å²) < 4.78 is 0. The van der Waals surface area contributed by atoms with Crippen LogP contribution in [-0.4, -0.2) is 13.3 Å². The molecule has 90 valence electrons. The topological polar surface area (TPSA) is 20.3 Å². The van der Waals surface area contributed by atoms with Gasteiger partial charge in [0.1, 0.15) is 6.29 Å². The van der Waals surface area contributed by atoms with Crippen LogP contribution in [0, 0.1) is 0 Å². The second kappa shape index (κ2) is 4.36. The lowest BCUT2D eigenvalue weighted by atomic mass is 9.75. The largest absolute Gasteiger partial charge is 0.347 e. The molecule has 1 aromatic rings. The molecule has 1 heterocycles. The van der Waals surface area contributed by atoms with Crippen molar-refractivity contribution in [3.05, 3.63) is 41.6 Å². The molecule has 0 amide bonds. The minimum atomic E-state index is 0.00620. The maximum absolute atomic E-state index is 10.9. The number of aldehydes is 1. The summed E-state index contributed by atoms with van der Waals surface area (Å²) >= 11 is 0. The molecule has 0 atom stereocenters. The third kappa shape index (κ3) is 1.51. The molecule has 0 bridgehead atoms. The summed E-state index contributed by atoms with van der Waals surface area (Å²) in [6.07, 6.45) is 4.65. The number of carbonyl (C=O) groups excluding carboxylic acids is 1. The zero-order chi connectivity index (χ0) is 12.5. The molecule has 0 saturated heterocycles. The Balaban J connectivity index is 2.69. The summed E-state index contributed by atoms with van der Waals surface area (Å²) in [5.74, 6) is 0. The average molecular weight is 229 g/mol. The van der Waals surface area contributed by atoms with Gasteiger partial charge in [0.25, 0.3) is 0 Å². The molecular weight excluding hydrogens is 210 g/mol. The van der Waals surface area contributed by atoms with Crippen LogP contribution in [0.5, 0.6) is 0 Å². The van der Waals surface area contributed by atoms with Gasteiger partial charge in [-0.15, -0.1) is 0 Å². The number of likely N-dealkylation sites (N-methyl/N-ethyl adjacent to an activating group) is 1. The summed E-state index contributed by atoms with van der Waals surface area (Å²) in [7, 11) is 2.04. The van der Waals surface area contributed by atoms with Gasteiger partial charge in [-0.05, 0) is 30.5 Å². The van der Waals surface area contributed by atoms with E-state index in [2.05, 4.69) is 43.0 Å². The van der Waals surface area contributed by atoms with Crippen molar-refractivity contribution in [2.45, 2.75) is 32.1 Å². The van der Waals surface area contributed by atoms with Crippen LogP contribution in [0.2, 0.25) is 0 Å². The van der Waals surface area contributed by atoms with E-state index >= 15 is 0 Å². The molecule has 1 aromatic carbocycles. The molecule has 17 heavy (non-hydrogen) atoms. The lowest BCUT2D eigenvalue weighted by Crippen LogP contribution is -2.28. The van der Waals surface area contributed by atoms with Crippen LogP contribution in [0.1, 0.15) is 32.3 Å². The first-order chi connectivity index (χ1) is 8.21. The van der Waals surface area contributed by atoms with E-state index in [9.17, 15) is 4.79 Å². The molecule has 2 heteroatoms. The van der Waals surface area contributed by atoms with Gasteiger partial charge in [-0.25, -0.2) is 0 Å². The Bertz CT molecular complexity index is 458. The number of nitrogens with zero attached hydrogens (tertiary/aromatic N) is 1. The Morgan fingerprint density at radius 1 is 1.24 bits per heavy atom. The minimum absolute atomic E-state index is 0.00620. The predicted molar refractivity (Wildman–Crippen MR) is 71.3 cm³/mol. The molecule has 0 aliphatic carbocycles. The number of fused-ring (bicyclic) bond motifs is 1. The first-order valence-corrected chi connectivity index (χ1v) is 6.20. The molecular formula is C15H19NO. The van der Waals surface area contributed by atoms with Gasteiger partial charge in [-0.3, -0.25) is 4.79 Å². The van der Waals surface area contributed by atoms with Gasteiger partial charge in [-0.1, -0.05) is 32.0 Å². The quantitative estimate of drug-likeness (QED) is 0.585. The number of hydrogen-bond donors (Lipinski definition) is 0. The summed E-state index contributed by atoms with van der Waals surface area (Å²) in [5, 5.41) is 0. The van der Waals surface area contributed by atoms with Crippen molar-refractivity contribution >= 4 is 12.0 Å². The molecule has 1 aliphatic heterocycles. The van der Waals surface area contributed by atoms with Crippen molar-refractivity contribution in [2.24, 2.45) is 0 Å². The zero-order valence-electron chi connectivity index (χ0n) is 10.7. The maximum Gasteiger partial charge on any atom is 0.144 e. The fraction of sp³-hybridized carbons (Fsp3) is 0.400. The summed E-state index contributed by atoms with van der Waals surface area (Å²) in [4.78, 5) is 13.0. The summed E-state index contributed by atoms with van der Waals surface area (Å²) in [5.41, 5.74) is 3.70. The summed E-state index contributed by atoms with van der Waals surface area (Å²) in [6, 6.07) is 8.44. The van der Waals surface area contributed by atoms with E-state index in [1.165, 1.54) is 11.3 Å². The Morgan fingerprint density at radius 2 is 1.88 bits per heavy atom. The van der Waals surface area contributed by atoms with Gasteiger partial charge in [-0.2, -0.15) is 0 Å². The normalized spacial score (nSPS) is 19.5. The van der Waals surface area contributed by atoms with Crippen LogP contribution in [0.25, 0.3) is 0 Å². The van der Waals surface area contributed by atoms with Gasteiger partial charge in [0.2, 0.25) is 0 Å². The lowest BCUT2D eigenvalue weighted by Gasteiger charge is -2.30. The highest BCUT2D eigenvalue weighted by Crippen LogP contribution is 2.50. The number of rotatable bonds is 3. The molecule has 0 N–H and O–H groups in total. The van der Waals surface area contributed by atoms with E-state index in [1.54, 1.807) is 6.08 Å². The van der Waals surface area contributed by atoms with Crippen molar-refractivity contribution in [1.29, 1.82) is 0 Å².